The van der Waals surface area contributed by atoms with Gasteiger partial charge in [0.2, 0.25) is 5.78 Å². The summed E-state index contributed by atoms with van der Waals surface area (Å²) < 4.78 is 11.8. The lowest BCUT2D eigenvalue weighted by molar-refractivity contribution is -0.132. The summed E-state index contributed by atoms with van der Waals surface area (Å²) in [6.45, 7) is 0. The Morgan fingerprint density at radius 3 is 1.76 bits per heavy atom. The molecule has 2 aliphatic heterocycles. The maximum atomic E-state index is 13.3. The molecular weight excluding hydrogens is 320 g/mol. The van der Waals surface area contributed by atoms with Crippen molar-refractivity contribution < 1.29 is 24.5 Å². The van der Waals surface area contributed by atoms with Gasteiger partial charge < -0.3 is 19.7 Å². The second-order valence-electron chi connectivity index (χ2n) is 7.15. The van der Waals surface area contributed by atoms with Crippen LogP contribution in [0.1, 0.15) is 42.6 Å². The second kappa shape index (κ2) is 4.84. The number of carbonyl (C=O) groups is 1. The molecule has 2 saturated heterocycles. The van der Waals surface area contributed by atoms with Crippen LogP contribution in [0.3, 0.4) is 0 Å². The highest BCUT2D eigenvalue weighted by Gasteiger charge is 2.76. The van der Waals surface area contributed by atoms with Crippen LogP contribution in [-0.2, 0) is 14.3 Å². The van der Waals surface area contributed by atoms with Crippen molar-refractivity contribution in [2.45, 2.75) is 42.7 Å². The highest BCUT2D eigenvalue weighted by Crippen LogP contribution is 2.65. The molecule has 2 aromatic rings. The molecule has 0 amide bonds. The number of hydrogen-bond acceptors (Lipinski definition) is 5. The van der Waals surface area contributed by atoms with Crippen LogP contribution in [0.25, 0.3) is 0 Å². The maximum Gasteiger partial charge on any atom is 0.202 e. The van der Waals surface area contributed by atoms with Crippen LogP contribution < -0.4 is 0 Å². The zero-order valence-electron chi connectivity index (χ0n) is 13.5. The zero-order valence-corrected chi connectivity index (χ0v) is 13.5. The molecule has 3 fully saturated rings. The van der Waals surface area contributed by atoms with Crippen LogP contribution in [0, 0.1) is 0 Å². The van der Waals surface area contributed by atoms with Crippen molar-refractivity contribution in [2.24, 2.45) is 0 Å². The molecule has 128 valence electrons. The lowest BCUT2D eigenvalue weighted by Gasteiger charge is -2.24. The first-order valence-electron chi connectivity index (χ1n) is 8.54. The molecule has 0 bridgehead atoms. The van der Waals surface area contributed by atoms with E-state index in [1.165, 1.54) is 0 Å². The first kappa shape index (κ1) is 14.9. The number of phenolic OH excluding ortho intramolecular Hbond substituents is 2. The van der Waals surface area contributed by atoms with Crippen LogP contribution in [-0.4, -0.2) is 27.2 Å². The normalized spacial score (nSPS) is 35.9. The number of hydrogen-bond donors (Lipinski definition) is 2. The lowest BCUT2D eigenvalue weighted by atomic mass is 9.74. The molecule has 4 unspecified atom stereocenters. The SMILES string of the molecule is O=C1C2(CCCC13OC3c1cccc(O)c1)OC2c1cccc(O)c1. The minimum atomic E-state index is -0.836. The molecule has 1 saturated carbocycles. The van der Waals surface area contributed by atoms with Gasteiger partial charge in [-0.2, -0.15) is 0 Å². The number of carbonyl (C=O) groups excluding carboxylic acids is 1. The fourth-order valence-corrected chi connectivity index (χ4v) is 4.33. The summed E-state index contributed by atoms with van der Waals surface area (Å²) in [7, 11) is 0. The quantitative estimate of drug-likeness (QED) is 0.822. The van der Waals surface area contributed by atoms with Crippen LogP contribution in [0.15, 0.2) is 48.5 Å². The lowest BCUT2D eigenvalue weighted by Crippen LogP contribution is -2.43. The molecule has 2 N–H and O–H groups in total. The van der Waals surface area contributed by atoms with E-state index >= 15 is 0 Å². The molecule has 0 radical (unpaired) electrons. The van der Waals surface area contributed by atoms with Gasteiger partial charge in [0.1, 0.15) is 23.7 Å². The number of ether oxygens (including phenoxy) is 2. The molecule has 4 atom stereocenters. The van der Waals surface area contributed by atoms with Gasteiger partial charge in [-0.3, -0.25) is 4.79 Å². The summed E-state index contributed by atoms with van der Waals surface area (Å²) in [4.78, 5) is 13.3. The third kappa shape index (κ3) is 2.06. The summed E-state index contributed by atoms with van der Waals surface area (Å²) >= 11 is 0. The van der Waals surface area contributed by atoms with Crippen LogP contribution in [0.5, 0.6) is 11.5 Å². The van der Waals surface area contributed by atoms with Gasteiger partial charge in [-0.15, -0.1) is 0 Å². The fraction of sp³-hybridized carbons (Fsp3) is 0.350. The number of phenols is 2. The molecule has 2 aromatic carbocycles. The van der Waals surface area contributed by atoms with E-state index in [0.717, 1.165) is 17.5 Å². The van der Waals surface area contributed by atoms with Gasteiger partial charge in [-0.05, 0) is 54.7 Å². The van der Waals surface area contributed by atoms with Crippen molar-refractivity contribution in [1.29, 1.82) is 0 Å². The second-order valence-corrected chi connectivity index (χ2v) is 7.15. The Morgan fingerprint density at radius 1 is 0.840 bits per heavy atom. The van der Waals surface area contributed by atoms with E-state index in [1.54, 1.807) is 36.4 Å². The number of epoxide rings is 2. The topological polar surface area (TPSA) is 82.6 Å². The molecule has 5 rings (SSSR count). The van der Waals surface area contributed by atoms with Crippen molar-refractivity contribution in [3.63, 3.8) is 0 Å². The van der Waals surface area contributed by atoms with Crippen LogP contribution in [0.2, 0.25) is 0 Å². The number of aromatic hydroxyl groups is 2. The highest BCUT2D eigenvalue weighted by atomic mass is 16.6. The molecule has 2 heterocycles. The number of benzene rings is 2. The number of rotatable bonds is 2. The predicted molar refractivity (Wildman–Crippen MR) is 88.2 cm³/mol. The molecule has 0 aromatic heterocycles. The first-order valence-corrected chi connectivity index (χ1v) is 8.54. The molecule has 3 aliphatic rings. The monoisotopic (exact) mass is 338 g/mol. The Bertz CT molecular complexity index is 808. The average molecular weight is 338 g/mol. The zero-order chi connectivity index (χ0) is 17.2. The molecule has 2 spiro atoms. The minimum absolute atomic E-state index is 0.00654. The molecule has 5 heteroatoms. The van der Waals surface area contributed by atoms with Gasteiger partial charge in [0.25, 0.3) is 0 Å². The van der Waals surface area contributed by atoms with Gasteiger partial charge in [0, 0.05) is 0 Å². The Labute approximate surface area is 144 Å². The van der Waals surface area contributed by atoms with Crippen LogP contribution in [0.4, 0.5) is 0 Å². The molecule has 25 heavy (non-hydrogen) atoms. The standard InChI is InChI=1S/C20H18O5/c21-14-6-1-4-12(10-14)16-19(24-16)8-3-9-20(18(19)23)17(25-20)13-5-2-7-15(22)11-13/h1-2,4-7,10-11,16-17,21-22H,3,8-9H2. The summed E-state index contributed by atoms with van der Waals surface area (Å²) in [5, 5.41) is 19.4. The fourth-order valence-electron chi connectivity index (χ4n) is 4.33. The molecule has 5 nitrogen and oxygen atoms in total. The van der Waals surface area contributed by atoms with Gasteiger partial charge >= 0.3 is 0 Å². The third-order valence-corrected chi connectivity index (χ3v) is 5.60. The number of ketones is 1. The maximum absolute atomic E-state index is 13.3. The van der Waals surface area contributed by atoms with Gasteiger partial charge in [-0.25, -0.2) is 0 Å². The Hall–Kier alpha value is -2.37. The van der Waals surface area contributed by atoms with Crippen LogP contribution >= 0.6 is 0 Å². The average Bonchev–Trinajstić information content (AvgIpc) is 3.48. The Balaban J connectivity index is 1.44. The van der Waals surface area contributed by atoms with E-state index in [2.05, 4.69) is 0 Å². The van der Waals surface area contributed by atoms with Crippen molar-refractivity contribution in [3.8, 4) is 11.5 Å². The smallest absolute Gasteiger partial charge is 0.202 e. The summed E-state index contributed by atoms with van der Waals surface area (Å²) in [5.41, 5.74) is -0.0326. The Morgan fingerprint density at radius 2 is 1.32 bits per heavy atom. The summed E-state index contributed by atoms with van der Waals surface area (Å²) in [5.74, 6) is 0.329. The third-order valence-electron chi connectivity index (χ3n) is 5.60. The van der Waals surface area contributed by atoms with Crippen molar-refractivity contribution in [1.82, 2.24) is 0 Å². The summed E-state index contributed by atoms with van der Waals surface area (Å²) in [6, 6.07) is 13.7. The van der Waals surface area contributed by atoms with E-state index in [-0.39, 0.29) is 29.5 Å². The highest BCUT2D eigenvalue weighted by molar-refractivity contribution is 6.01. The van der Waals surface area contributed by atoms with Crippen molar-refractivity contribution in [3.05, 3.63) is 59.7 Å². The minimum Gasteiger partial charge on any atom is -0.508 e. The van der Waals surface area contributed by atoms with Gasteiger partial charge in [0.05, 0.1) is 0 Å². The van der Waals surface area contributed by atoms with E-state index < -0.39 is 11.2 Å². The summed E-state index contributed by atoms with van der Waals surface area (Å²) in [6.07, 6.45) is 1.54. The Kier molecular flexibility index (Phi) is 2.89. The van der Waals surface area contributed by atoms with E-state index in [9.17, 15) is 15.0 Å². The largest absolute Gasteiger partial charge is 0.508 e. The molecular formula is C20H18O5. The van der Waals surface area contributed by atoms with E-state index in [0.29, 0.717) is 12.8 Å². The predicted octanol–water partition coefficient (Wildman–Crippen LogP) is 3.17. The molecule has 1 aliphatic carbocycles. The van der Waals surface area contributed by atoms with Crippen molar-refractivity contribution >= 4 is 5.78 Å². The van der Waals surface area contributed by atoms with Crippen molar-refractivity contribution in [2.75, 3.05) is 0 Å². The first-order chi connectivity index (χ1) is 12.1. The number of Topliss-reactive ketones (excluding diaryl/α,β-unsaturated/α-hetero) is 1. The van der Waals surface area contributed by atoms with E-state index in [4.69, 9.17) is 9.47 Å². The van der Waals surface area contributed by atoms with E-state index in [1.807, 2.05) is 12.1 Å². The van der Waals surface area contributed by atoms with Gasteiger partial charge in [-0.1, -0.05) is 24.3 Å². The van der Waals surface area contributed by atoms with Gasteiger partial charge in [0.15, 0.2) is 11.2 Å².